The summed E-state index contributed by atoms with van der Waals surface area (Å²) in [5.41, 5.74) is -0.303. The first-order chi connectivity index (χ1) is 15.2. The van der Waals surface area contributed by atoms with E-state index in [9.17, 15) is 29.4 Å². The van der Waals surface area contributed by atoms with Crippen molar-refractivity contribution in [3.8, 4) is 23.0 Å². The molecule has 0 amide bonds. The highest BCUT2D eigenvalue weighted by Gasteiger charge is 2.45. The van der Waals surface area contributed by atoms with Crippen LogP contribution in [-0.4, -0.2) is 62.2 Å². The molecular formula is C22H22O10. The van der Waals surface area contributed by atoms with Gasteiger partial charge in [-0.1, -0.05) is 0 Å². The third-order valence-corrected chi connectivity index (χ3v) is 4.77. The van der Waals surface area contributed by atoms with Crippen molar-refractivity contribution in [2.75, 3.05) is 28.4 Å². The van der Waals surface area contributed by atoms with Gasteiger partial charge in [-0.2, -0.15) is 0 Å². The van der Waals surface area contributed by atoms with Crippen LogP contribution in [0.1, 0.15) is 20.7 Å². The minimum Gasteiger partial charge on any atom is -0.493 e. The van der Waals surface area contributed by atoms with E-state index in [0.717, 1.165) is 0 Å². The normalized spacial score (nSPS) is 12.2. The number of ketones is 2. The Labute approximate surface area is 183 Å². The van der Waals surface area contributed by atoms with Gasteiger partial charge in [0.15, 0.2) is 34.6 Å². The fourth-order valence-electron chi connectivity index (χ4n) is 3.15. The average Bonchev–Trinajstić information content (AvgIpc) is 2.79. The molecule has 2 rings (SSSR count). The lowest BCUT2D eigenvalue weighted by Gasteiger charge is -2.20. The van der Waals surface area contributed by atoms with Crippen LogP contribution < -0.4 is 18.9 Å². The van der Waals surface area contributed by atoms with Crippen molar-refractivity contribution in [3.05, 3.63) is 47.5 Å². The molecule has 2 N–H and O–H groups in total. The van der Waals surface area contributed by atoms with E-state index in [2.05, 4.69) is 0 Å². The van der Waals surface area contributed by atoms with E-state index in [4.69, 9.17) is 18.9 Å². The average molecular weight is 446 g/mol. The molecule has 2 aromatic rings. The maximum absolute atomic E-state index is 13.0. The SMILES string of the molecule is COc1ccc(C(=O)C(C(=O)O)C(C(=O)O)C(=O)c2ccc(OC)c(OC)c2)cc1OC. The first-order valence-corrected chi connectivity index (χ1v) is 9.18. The number of aliphatic carboxylic acids is 2. The molecule has 10 heteroatoms. The van der Waals surface area contributed by atoms with Gasteiger partial charge in [0.25, 0.3) is 0 Å². The first kappa shape index (κ1) is 24.2. The Morgan fingerprint density at radius 3 is 1.16 bits per heavy atom. The fourth-order valence-corrected chi connectivity index (χ4v) is 3.15. The van der Waals surface area contributed by atoms with Crippen molar-refractivity contribution >= 4 is 23.5 Å². The molecule has 2 atom stereocenters. The smallest absolute Gasteiger partial charge is 0.315 e. The molecule has 0 aromatic heterocycles. The monoisotopic (exact) mass is 446 g/mol. The molecule has 0 aliphatic carbocycles. The second kappa shape index (κ2) is 10.3. The molecule has 0 aliphatic heterocycles. The van der Waals surface area contributed by atoms with Gasteiger partial charge in [0.1, 0.15) is 11.8 Å². The van der Waals surface area contributed by atoms with Crippen LogP contribution in [0.2, 0.25) is 0 Å². The molecular weight excluding hydrogens is 424 g/mol. The topological polar surface area (TPSA) is 146 Å². The summed E-state index contributed by atoms with van der Waals surface area (Å²) >= 11 is 0. The van der Waals surface area contributed by atoms with Crippen molar-refractivity contribution in [1.29, 1.82) is 0 Å². The molecule has 0 saturated carbocycles. The lowest BCUT2D eigenvalue weighted by atomic mass is 9.81. The maximum Gasteiger partial charge on any atom is 0.315 e. The number of hydrogen-bond acceptors (Lipinski definition) is 8. The molecule has 170 valence electrons. The summed E-state index contributed by atoms with van der Waals surface area (Å²) in [5, 5.41) is 19.4. The third kappa shape index (κ3) is 4.80. The van der Waals surface area contributed by atoms with Gasteiger partial charge in [0.05, 0.1) is 28.4 Å². The second-order valence-corrected chi connectivity index (χ2v) is 6.50. The Hall–Kier alpha value is -4.08. The maximum atomic E-state index is 13.0. The molecule has 0 heterocycles. The highest BCUT2D eigenvalue weighted by molar-refractivity contribution is 6.18. The number of rotatable bonds is 11. The highest BCUT2D eigenvalue weighted by atomic mass is 16.5. The lowest BCUT2D eigenvalue weighted by Crippen LogP contribution is -2.40. The van der Waals surface area contributed by atoms with Gasteiger partial charge >= 0.3 is 11.9 Å². The predicted molar refractivity (Wildman–Crippen MR) is 110 cm³/mol. The molecule has 2 unspecified atom stereocenters. The largest absolute Gasteiger partial charge is 0.493 e. The summed E-state index contributed by atoms with van der Waals surface area (Å²) in [5.74, 6) is -9.19. The van der Waals surface area contributed by atoms with Crippen LogP contribution in [-0.2, 0) is 9.59 Å². The number of Topliss-reactive ketones (excluding diaryl/α,β-unsaturated/α-hetero) is 2. The van der Waals surface area contributed by atoms with Crippen molar-refractivity contribution in [2.45, 2.75) is 0 Å². The molecule has 0 saturated heterocycles. The number of carbonyl (C=O) groups excluding carboxylic acids is 2. The standard InChI is InChI=1S/C22H22O10/c1-29-13-7-5-11(9-15(13)31-3)19(23)17(21(25)26)18(22(27)28)20(24)12-6-8-14(30-2)16(10-12)32-4/h5-10,17-18H,1-4H3,(H,25,26)(H,27,28). The molecule has 0 aliphatic rings. The van der Waals surface area contributed by atoms with E-state index >= 15 is 0 Å². The zero-order valence-corrected chi connectivity index (χ0v) is 17.8. The van der Waals surface area contributed by atoms with E-state index in [1.807, 2.05) is 0 Å². The minimum absolute atomic E-state index is 0.139. The fraction of sp³-hybridized carbons (Fsp3) is 0.273. The highest BCUT2D eigenvalue weighted by Crippen LogP contribution is 2.32. The molecule has 0 fully saturated rings. The Balaban J connectivity index is 2.53. The van der Waals surface area contributed by atoms with E-state index in [-0.39, 0.29) is 34.1 Å². The first-order valence-electron chi connectivity index (χ1n) is 9.18. The summed E-state index contributed by atoms with van der Waals surface area (Å²) in [7, 11) is 5.40. The molecule has 0 radical (unpaired) electrons. The molecule has 0 bridgehead atoms. The Morgan fingerprint density at radius 2 is 0.906 bits per heavy atom. The quantitative estimate of drug-likeness (QED) is 0.389. The van der Waals surface area contributed by atoms with Gasteiger partial charge in [0.2, 0.25) is 0 Å². The van der Waals surface area contributed by atoms with Gasteiger partial charge < -0.3 is 29.2 Å². The molecule has 2 aromatic carbocycles. The summed E-state index contributed by atoms with van der Waals surface area (Å²) in [4.78, 5) is 50.0. The van der Waals surface area contributed by atoms with Gasteiger partial charge in [-0.05, 0) is 36.4 Å². The molecule has 10 nitrogen and oxygen atoms in total. The van der Waals surface area contributed by atoms with Crippen LogP contribution in [0, 0.1) is 11.8 Å². The number of carboxylic acids is 2. The van der Waals surface area contributed by atoms with Crippen LogP contribution in [0.3, 0.4) is 0 Å². The van der Waals surface area contributed by atoms with Crippen LogP contribution >= 0.6 is 0 Å². The third-order valence-electron chi connectivity index (χ3n) is 4.77. The van der Waals surface area contributed by atoms with Crippen LogP contribution in [0.25, 0.3) is 0 Å². The van der Waals surface area contributed by atoms with Gasteiger partial charge in [-0.3, -0.25) is 19.2 Å². The van der Waals surface area contributed by atoms with E-state index < -0.39 is 35.3 Å². The summed E-state index contributed by atoms with van der Waals surface area (Å²) in [6.45, 7) is 0. The Bertz CT molecular complexity index is 960. The van der Waals surface area contributed by atoms with Crippen molar-refractivity contribution < 1.29 is 48.3 Å². The summed E-state index contributed by atoms with van der Waals surface area (Å²) in [6.07, 6.45) is 0. The van der Waals surface area contributed by atoms with Crippen molar-refractivity contribution in [1.82, 2.24) is 0 Å². The van der Waals surface area contributed by atoms with Crippen LogP contribution in [0.4, 0.5) is 0 Å². The van der Waals surface area contributed by atoms with E-state index in [0.29, 0.717) is 0 Å². The number of carboxylic acid groups (broad SMARTS) is 2. The zero-order valence-electron chi connectivity index (χ0n) is 17.8. The number of methoxy groups -OCH3 is 4. The number of hydrogen-bond donors (Lipinski definition) is 2. The molecule has 32 heavy (non-hydrogen) atoms. The van der Waals surface area contributed by atoms with Crippen molar-refractivity contribution in [2.24, 2.45) is 11.8 Å². The van der Waals surface area contributed by atoms with Gasteiger partial charge in [-0.25, -0.2) is 0 Å². The predicted octanol–water partition coefficient (Wildman–Crippen LogP) is 2.19. The van der Waals surface area contributed by atoms with Gasteiger partial charge in [-0.15, -0.1) is 0 Å². The number of ether oxygens (including phenoxy) is 4. The van der Waals surface area contributed by atoms with E-state index in [1.54, 1.807) is 0 Å². The van der Waals surface area contributed by atoms with E-state index in [1.165, 1.54) is 64.8 Å². The van der Waals surface area contributed by atoms with Crippen LogP contribution in [0.15, 0.2) is 36.4 Å². The Kier molecular flexibility index (Phi) is 7.78. The van der Waals surface area contributed by atoms with Crippen molar-refractivity contribution in [3.63, 3.8) is 0 Å². The Morgan fingerprint density at radius 1 is 0.594 bits per heavy atom. The lowest BCUT2D eigenvalue weighted by molar-refractivity contribution is -0.149. The minimum atomic E-state index is -2.19. The number of carbonyl (C=O) groups is 4. The molecule has 0 spiro atoms. The van der Waals surface area contributed by atoms with Crippen LogP contribution in [0.5, 0.6) is 23.0 Å². The van der Waals surface area contributed by atoms with Gasteiger partial charge in [0, 0.05) is 11.1 Å². The second-order valence-electron chi connectivity index (χ2n) is 6.50. The zero-order chi connectivity index (χ0) is 24.0. The summed E-state index contributed by atoms with van der Waals surface area (Å²) in [6, 6.07) is 7.71. The number of benzene rings is 2. The summed E-state index contributed by atoms with van der Waals surface area (Å²) < 4.78 is 20.4.